The number of thioether (sulfide) groups is 1. The lowest BCUT2D eigenvalue weighted by molar-refractivity contribution is 0.0664. The molecule has 0 saturated heterocycles. The number of fused-ring (bicyclic) bond motifs is 1. The zero-order valence-corrected chi connectivity index (χ0v) is 17.9. The third kappa shape index (κ3) is 4.10. The van der Waals surface area contributed by atoms with E-state index in [0.717, 1.165) is 10.5 Å². The van der Waals surface area contributed by atoms with Gasteiger partial charge in [-0.2, -0.15) is 0 Å². The van der Waals surface area contributed by atoms with Crippen LogP contribution in [0.5, 0.6) is 0 Å². The molecule has 150 valence electrons. The van der Waals surface area contributed by atoms with Crippen LogP contribution in [0.3, 0.4) is 0 Å². The predicted molar refractivity (Wildman–Crippen MR) is 124 cm³/mol. The summed E-state index contributed by atoms with van der Waals surface area (Å²) in [5.41, 5.74) is 5.91. The minimum Gasteiger partial charge on any atom is -0.273 e. The van der Waals surface area contributed by atoms with Crippen molar-refractivity contribution in [3.05, 3.63) is 100 Å². The maximum atomic E-state index is 12.5. The molecular formula is C26H23NO2S. The number of hydrogen-bond acceptors (Lipinski definition) is 3. The van der Waals surface area contributed by atoms with Gasteiger partial charge >= 0.3 is 0 Å². The average molecular weight is 414 g/mol. The van der Waals surface area contributed by atoms with E-state index in [9.17, 15) is 9.59 Å². The molecule has 3 aromatic carbocycles. The first-order valence-electron chi connectivity index (χ1n) is 9.97. The zero-order chi connectivity index (χ0) is 21.1. The van der Waals surface area contributed by atoms with Crippen LogP contribution in [0.1, 0.15) is 43.0 Å². The van der Waals surface area contributed by atoms with Gasteiger partial charge in [0.25, 0.3) is 11.8 Å². The Balaban J connectivity index is 1.39. The molecule has 1 aliphatic heterocycles. The van der Waals surface area contributed by atoms with E-state index in [-0.39, 0.29) is 11.8 Å². The highest BCUT2D eigenvalue weighted by atomic mass is 32.2. The van der Waals surface area contributed by atoms with Crippen LogP contribution in [0.15, 0.2) is 71.6 Å². The Morgan fingerprint density at radius 1 is 0.800 bits per heavy atom. The van der Waals surface area contributed by atoms with Crippen molar-refractivity contribution in [3.8, 4) is 0 Å². The molecule has 0 saturated carbocycles. The van der Waals surface area contributed by atoms with Gasteiger partial charge < -0.3 is 0 Å². The summed E-state index contributed by atoms with van der Waals surface area (Å²) in [7, 11) is 0. The van der Waals surface area contributed by atoms with Gasteiger partial charge in [0, 0.05) is 17.2 Å². The van der Waals surface area contributed by atoms with E-state index in [4.69, 9.17) is 0 Å². The second-order valence-electron chi connectivity index (χ2n) is 7.37. The minimum absolute atomic E-state index is 0.193. The Bertz CT molecular complexity index is 1090. The predicted octanol–water partition coefficient (Wildman–Crippen LogP) is 5.86. The summed E-state index contributed by atoms with van der Waals surface area (Å²) in [6.45, 7) is 4.65. The molecule has 3 aromatic rings. The largest absolute Gasteiger partial charge is 0.273 e. The molecule has 4 heteroatoms. The molecule has 2 amide bonds. The summed E-state index contributed by atoms with van der Waals surface area (Å²) in [5, 5.41) is 0. The number of hydrogen-bond donors (Lipinski definition) is 0. The number of aryl methyl sites for hydroxylation is 2. The molecule has 4 rings (SSSR count). The average Bonchev–Trinajstić information content (AvgIpc) is 2.99. The first-order chi connectivity index (χ1) is 14.5. The summed E-state index contributed by atoms with van der Waals surface area (Å²) < 4.78 is 0. The van der Waals surface area contributed by atoms with Crippen molar-refractivity contribution in [1.82, 2.24) is 4.90 Å². The van der Waals surface area contributed by atoms with Gasteiger partial charge in [0.2, 0.25) is 0 Å². The Hall–Kier alpha value is -3.11. The second kappa shape index (κ2) is 8.72. The van der Waals surface area contributed by atoms with Gasteiger partial charge in [-0.25, -0.2) is 0 Å². The van der Waals surface area contributed by atoms with E-state index >= 15 is 0 Å². The van der Waals surface area contributed by atoms with Crippen LogP contribution in [0.25, 0.3) is 12.2 Å². The number of nitrogens with zero attached hydrogens (tertiary/aromatic N) is 1. The number of carbonyl (C=O) groups is 2. The van der Waals surface area contributed by atoms with Gasteiger partial charge in [-0.1, -0.05) is 54.6 Å². The van der Waals surface area contributed by atoms with Crippen molar-refractivity contribution in [3.63, 3.8) is 0 Å². The van der Waals surface area contributed by atoms with Crippen molar-refractivity contribution in [2.24, 2.45) is 0 Å². The highest BCUT2D eigenvalue weighted by molar-refractivity contribution is 7.99. The van der Waals surface area contributed by atoms with Crippen molar-refractivity contribution < 1.29 is 9.59 Å². The summed E-state index contributed by atoms with van der Waals surface area (Å²) in [6, 6.07) is 21.7. The topological polar surface area (TPSA) is 37.4 Å². The van der Waals surface area contributed by atoms with Gasteiger partial charge in [-0.15, -0.1) is 11.8 Å². The molecule has 3 nitrogen and oxygen atoms in total. The Kier molecular flexibility index (Phi) is 5.86. The van der Waals surface area contributed by atoms with Crippen molar-refractivity contribution in [1.29, 1.82) is 0 Å². The summed E-state index contributed by atoms with van der Waals surface area (Å²) in [5.74, 6) is 0.276. The lowest BCUT2D eigenvalue weighted by atomic mass is 10.0. The van der Waals surface area contributed by atoms with Crippen LogP contribution in [-0.4, -0.2) is 29.0 Å². The molecule has 0 radical (unpaired) electrons. The summed E-state index contributed by atoms with van der Waals surface area (Å²) >= 11 is 1.65. The number of imide groups is 1. The fraction of sp³-hybridized carbons (Fsp3) is 0.154. The first kappa shape index (κ1) is 20.2. The van der Waals surface area contributed by atoms with E-state index in [1.54, 1.807) is 36.0 Å². The number of carbonyl (C=O) groups excluding carboxylic acids is 2. The summed E-state index contributed by atoms with van der Waals surface area (Å²) in [4.78, 5) is 27.4. The van der Waals surface area contributed by atoms with E-state index in [0.29, 0.717) is 23.4 Å². The molecule has 0 aromatic heterocycles. The Labute approximate surface area is 181 Å². The molecule has 0 spiro atoms. The van der Waals surface area contributed by atoms with Crippen LogP contribution in [-0.2, 0) is 0 Å². The van der Waals surface area contributed by atoms with Gasteiger partial charge in [0.15, 0.2) is 0 Å². The van der Waals surface area contributed by atoms with Gasteiger partial charge in [0.1, 0.15) is 0 Å². The third-order valence-electron chi connectivity index (χ3n) is 5.30. The van der Waals surface area contributed by atoms with Crippen LogP contribution in [0, 0.1) is 13.8 Å². The minimum atomic E-state index is -0.193. The molecule has 1 aliphatic rings. The fourth-order valence-corrected chi connectivity index (χ4v) is 4.58. The molecule has 1 heterocycles. The maximum Gasteiger partial charge on any atom is 0.261 e. The maximum absolute atomic E-state index is 12.5. The van der Waals surface area contributed by atoms with E-state index in [1.807, 2.05) is 6.07 Å². The molecule has 30 heavy (non-hydrogen) atoms. The van der Waals surface area contributed by atoms with Gasteiger partial charge in [-0.05, 0) is 60.4 Å². The van der Waals surface area contributed by atoms with Crippen molar-refractivity contribution in [2.75, 3.05) is 12.3 Å². The molecule has 0 unspecified atom stereocenters. The number of benzene rings is 3. The van der Waals surface area contributed by atoms with E-state index in [1.165, 1.54) is 21.6 Å². The van der Waals surface area contributed by atoms with Crippen LogP contribution >= 0.6 is 11.8 Å². The monoisotopic (exact) mass is 413 g/mol. The molecule has 0 atom stereocenters. The molecular weight excluding hydrogens is 390 g/mol. The van der Waals surface area contributed by atoms with Gasteiger partial charge in [0.05, 0.1) is 11.1 Å². The smallest absolute Gasteiger partial charge is 0.261 e. The molecule has 0 N–H and O–H groups in total. The highest BCUT2D eigenvalue weighted by Gasteiger charge is 2.34. The second-order valence-corrected chi connectivity index (χ2v) is 8.54. The summed E-state index contributed by atoms with van der Waals surface area (Å²) in [6.07, 6.45) is 4.29. The first-order valence-corrected chi connectivity index (χ1v) is 11.0. The standard InChI is InChI=1S/C26H23NO2S/c1-18-7-5-8-19(2)22(18)14-13-20-9-6-10-21(17-20)30-16-15-27-25(28)23-11-3-4-12-24(23)26(27)29/h3-14,17H,15-16H2,1-2H3/b14-13+. The van der Waals surface area contributed by atoms with Crippen molar-refractivity contribution >= 4 is 35.7 Å². The van der Waals surface area contributed by atoms with E-state index in [2.05, 4.69) is 62.4 Å². The van der Waals surface area contributed by atoms with Crippen LogP contribution in [0.4, 0.5) is 0 Å². The molecule has 0 fully saturated rings. The third-order valence-corrected chi connectivity index (χ3v) is 6.28. The lowest BCUT2D eigenvalue weighted by Crippen LogP contribution is -2.31. The molecule has 0 aliphatic carbocycles. The Morgan fingerprint density at radius 2 is 1.43 bits per heavy atom. The number of amides is 2. The SMILES string of the molecule is Cc1cccc(C)c1/C=C/c1cccc(SCCN2C(=O)c3ccccc3C2=O)c1. The van der Waals surface area contributed by atoms with Crippen LogP contribution < -0.4 is 0 Å². The van der Waals surface area contributed by atoms with Crippen molar-refractivity contribution in [2.45, 2.75) is 18.7 Å². The Morgan fingerprint density at radius 3 is 2.10 bits per heavy atom. The lowest BCUT2D eigenvalue weighted by Gasteiger charge is -2.13. The van der Waals surface area contributed by atoms with Gasteiger partial charge in [-0.3, -0.25) is 14.5 Å². The fourth-order valence-electron chi connectivity index (χ4n) is 3.67. The highest BCUT2D eigenvalue weighted by Crippen LogP contribution is 2.25. The quantitative estimate of drug-likeness (QED) is 0.288. The molecule has 0 bridgehead atoms. The van der Waals surface area contributed by atoms with E-state index < -0.39 is 0 Å². The zero-order valence-electron chi connectivity index (χ0n) is 17.1. The van der Waals surface area contributed by atoms with Crippen LogP contribution in [0.2, 0.25) is 0 Å². The normalized spacial score (nSPS) is 13.3. The number of rotatable bonds is 6.